The van der Waals surface area contributed by atoms with E-state index in [1.807, 2.05) is 0 Å². The zero-order valence-corrected chi connectivity index (χ0v) is 14.6. The molecule has 3 aromatic rings. The van der Waals surface area contributed by atoms with Gasteiger partial charge in [-0.2, -0.15) is 13.2 Å². The standard InChI is InChI=1S/C17H12ClF3N2O2S/c18-13-6-4-11(5-7-13)14(24)15-22-23-16(25-15)26-9-10-2-1-3-12(8-10)17(19,20)21/h1-8,14,24H,9H2/t14-/m1/s1. The SMILES string of the molecule is O[C@H](c1ccc(Cl)cc1)c1nnc(SCc2cccc(C(F)(F)F)c2)o1. The van der Waals surface area contributed by atoms with Crippen molar-refractivity contribution >= 4 is 23.4 Å². The number of rotatable bonds is 5. The van der Waals surface area contributed by atoms with Gasteiger partial charge in [-0.25, -0.2) is 0 Å². The van der Waals surface area contributed by atoms with E-state index in [4.69, 9.17) is 16.0 Å². The molecule has 4 nitrogen and oxygen atoms in total. The number of hydrogen-bond acceptors (Lipinski definition) is 5. The minimum Gasteiger partial charge on any atom is -0.413 e. The Labute approximate surface area is 156 Å². The molecule has 0 bridgehead atoms. The second-order valence-corrected chi connectivity index (χ2v) is 6.71. The zero-order chi connectivity index (χ0) is 18.7. The number of aliphatic hydroxyl groups excluding tert-OH is 1. The van der Waals surface area contributed by atoms with E-state index in [0.29, 0.717) is 16.1 Å². The quantitative estimate of drug-likeness (QED) is 0.603. The third-order valence-electron chi connectivity index (χ3n) is 3.46. The van der Waals surface area contributed by atoms with Crippen LogP contribution in [0.15, 0.2) is 58.2 Å². The average Bonchev–Trinajstić information content (AvgIpc) is 3.08. The zero-order valence-electron chi connectivity index (χ0n) is 13.1. The molecule has 1 heterocycles. The first-order chi connectivity index (χ1) is 12.3. The highest BCUT2D eigenvalue weighted by Crippen LogP contribution is 2.31. The molecule has 2 aromatic carbocycles. The maximum atomic E-state index is 12.7. The summed E-state index contributed by atoms with van der Waals surface area (Å²) in [6.45, 7) is 0. The lowest BCUT2D eigenvalue weighted by Gasteiger charge is -2.08. The summed E-state index contributed by atoms with van der Waals surface area (Å²) in [4.78, 5) is 0. The maximum Gasteiger partial charge on any atom is 0.416 e. The number of thioether (sulfide) groups is 1. The molecule has 0 unspecified atom stereocenters. The number of halogens is 4. The fourth-order valence-corrected chi connectivity index (χ4v) is 3.00. The average molecular weight is 401 g/mol. The topological polar surface area (TPSA) is 59.2 Å². The Balaban J connectivity index is 1.66. The summed E-state index contributed by atoms with van der Waals surface area (Å²) in [5, 5.41) is 18.5. The largest absolute Gasteiger partial charge is 0.416 e. The Morgan fingerprint density at radius 1 is 1.12 bits per heavy atom. The van der Waals surface area contributed by atoms with Gasteiger partial charge in [-0.15, -0.1) is 10.2 Å². The molecular formula is C17H12ClF3N2O2S. The molecule has 0 aliphatic heterocycles. The summed E-state index contributed by atoms with van der Waals surface area (Å²) < 4.78 is 43.6. The summed E-state index contributed by atoms with van der Waals surface area (Å²) in [7, 11) is 0. The van der Waals surface area contributed by atoms with Crippen LogP contribution in [0.5, 0.6) is 0 Å². The summed E-state index contributed by atoms with van der Waals surface area (Å²) >= 11 is 6.89. The van der Waals surface area contributed by atoms with Crippen molar-refractivity contribution in [3.05, 3.63) is 76.1 Å². The normalized spacial score (nSPS) is 13.0. The van der Waals surface area contributed by atoms with E-state index < -0.39 is 17.8 Å². The fourth-order valence-electron chi connectivity index (χ4n) is 2.16. The van der Waals surface area contributed by atoms with Crippen LogP contribution in [-0.2, 0) is 11.9 Å². The smallest absolute Gasteiger partial charge is 0.413 e. The number of nitrogens with zero attached hydrogens (tertiary/aromatic N) is 2. The highest BCUT2D eigenvalue weighted by Gasteiger charge is 2.30. The number of alkyl halides is 3. The van der Waals surface area contributed by atoms with Crippen LogP contribution in [0.4, 0.5) is 13.2 Å². The van der Waals surface area contributed by atoms with Crippen LogP contribution in [0.2, 0.25) is 5.02 Å². The number of aliphatic hydroxyl groups is 1. The minimum absolute atomic E-state index is 0.00105. The van der Waals surface area contributed by atoms with Gasteiger partial charge < -0.3 is 9.52 Å². The Morgan fingerprint density at radius 2 is 1.85 bits per heavy atom. The molecule has 0 aliphatic carbocycles. The van der Waals surface area contributed by atoms with Crippen molar-refractivity contribution in [3.63, 3.8) is 0 Å². The van der Waals surface area contributed by atoms with E-state index in [1.165, 1.54) is 6.07 Å². The van der Waals surface area contributed by atoms with E-state index in [0.717, 1.165) is 23.9 Å². The number of aromatic nitrogens is 2. The van der Waals surface area contributed by atoms with Crippen molar-refractivity contribution in [1.29, 1.82) is 0 Å². The molecule has 1 atom stereocenters. The first-order valence-electron chi connectivity index (χ1n) is 7.39. The molecule has 0 saturated heterocycles. The third kappa shape index (κ3) is 4.57. The molecule has 1 N–H and O–H groups in total. The van der Waals surface area contributed by atoms with Gasteiger partial charge in [0.05, 0.1) is 5.56 Å². The van der Waals surface area contributed by atoms with Gasteiger partial charge in [-0.1, -0.05) is 53.7 Å². The highest BCUT2D eigenvalue weighted by molar-refractivity contribution is 7.98. The summed E-state index contributed by atoms with van der Waals surface area (Å²) in [6, 6.07) is 11.5. The molecule has 136 valence electrons. The third-order valence-corrected chi connectivity index (χ3v) is 4.60. The van der Waals surface area contributed by atoms with E-state index >= 15 is 0 Å². The van der Waals surface area contributed by atoms with Gasteiger partial charge in [0.2, 0.25) is 5.89 Å². The summed E-state index contributed by atoms with van der Waals surface area (Å²) in [5.74, 6) is 0.224. The van der Waals surface area contributed by atoms with Crippen LogP contribution >= 0.6 is 23.4 Å². The van der Waals surface area contributed by atoms with Crippen LogP contribution in [0, 0.1) is 0 Å². The number of benzene rings is 2. The Hall–Kier alpha value is -2.03. The predicted molar refractivity (Wildman–Crippen MR) is 90.8 cm³/mol. The second kappa shape index (κ2) is 7.69. The predicted octanol–water partition coefficient (Wildman–Crippen LogP) is 5.12. The van der Waals surface area contributed by atoms with Crippen molar-refractivity contribution in [2.75, 3.05) is 0 Å². The van der Waals surface area contributed by atoms with Crippen molar-refractivity contribution in [2.45, 2.75) is 23.3 Å². The lowest BCUT2D eigenvalue weighted by Crippen LogP contribution is -2.04. The van der Waals surface area contributed by atoms with E-state index in [9.17, 15) is 18.3 Å². The van der Waals surface area contributed by atoms with Crippen LogP contribution in [0.25, 0.3) is 0 Å². The molecule has 26 heavy (non-hydrogen) atoms. The monoisotopic (exact) mass is 400 g/mol. The van der Waals surface area contributed by atoms with Gasteiger partial charge in [0, 0.05) is 10.8 Å². The fraction of sp³-hybridized carbons (Fsp3) is 0.176. The Kier molecular flexibility index (Phi) is 5.55. The molecule has 0 amide bonds. The molecule has 0 saturated carbocycles. The van der Waals surface area contributed by atoms with Crippen LogP contribution in [0.1, 0.15) is 28.7 Å². The first-order valence-corrected chi connectivity index (χ1v) is 8.75. The van der Waals surface area contributed by atoms with Crippen LogP contribution in [0.3, 0.4) is 0 Å². The van der Waals surface area contributed by atoms with Crippen molar-refractivity contribution in [3.8, 4) is 0 Å². The van der Waals surface area contributed by atoms with Gasteiger partial charge in [0.1, 0.15) is 0 Å². The van der Waals surface area contributed by atoms with E-state index in [2.05, 4.69) is 10.2 Å². The second-order valence-electron chi connectivity index (χ2n) is 5.35. The molecule has 0 aliphatic rings. The lowest BCUT2D eigenvalue weighted by molar-refractivity contribution is -0.137. The molecule has 0 spiro atoms. The first kappa shape index (κ1) is 18.8. The van der Waals surface area contributed by atoms with Crippen LogP contribution < -0.4 is 0 Å². The molecule has 0 radical (unpaired) electrons. The van der Waals surface area contributed by atoms with Gasteiger partial charge in [-0.05, 0) is 29.3 Å². The van der Waals surface area contributed by atoms with Gasteiger partial charge in [0.15, 0.2) is 6.10 Å². The molecule has 0 fully saturated rings. The Bertz CT molecular complexity index is 884. The van der Waals surface area contributed by atoms with E-state index in [1.54, 1.807) is 30.3 Å². The van der Waals surface area contributed by atoms with Gasteiger partial charge >= 0.3 is 6.18 Å². The van der Waals surface area contributed by atoms with Crippen molar-refractivity contribution in [2.24, 2.45) is 0 Å². The highest BCUT2D eigenvalue weighted by atomic mass is 35.5. The number of hydrogen-bond donors (Lipinski definition) is 1. The molecule has 1 aromatic heterocycles. The van der Waals surface area contributed by atoms with Crippen LogP contribution in [-0.4, -0.2) is 15.3 Å². The summed E-state index contributed by atoms with van der Waals surface area (Å²) in [6.07, 6.45) is -5.50. The Morgan fingerprint density at radius 3 is 2.54 bits per heavy atom. The van der Waals surface area contributed by atoms with E-state index in [-0.39, 0.29) is 16.9 Å². The maximum absolute atomic E-state index is 12.7. The van der Waals surface area contributed by atoms with Gasteiger partial charge in [-0.3, -0.25) is 0 Å². The summed E-state index contributed by atoms with van der Waals surface area (Å²) in [5.41, 5.74) is 0.301. The molecule has 9 heteroatoms. The van der Waals surface area contributed by atoms with Crippen molar-refractivity contribution < 1.29 is 22.7 Å². The van der Waals surface area contributed by atoms with Gasteiger partial charge in [0.25, 0.3) is 5.22 Å². The molecule has 3 rings (SSSR count). The minimum atomic E-state index is -4.39. The molecular weight excluding hydrogens is 389 g/mol. The van der Waals surface area contributed by atoms with Crippen molar-refractivity contribution in [1.82, 2.24) is 10.2 Å². The lowest BCUT2D eigenvalue weighted by atomic mass is 10.1.